The van der Waals surface area contributed by atoms with E-state index in [4.69, 9.17) is 0 Å². The van der Waals surface area contributed by atoms with Gasteiger partial charge in [-0.1, -0.05) is 31.3 Å². The van der Waals surface area contributed by atoms with Crippen LogP contribution in [0.2, 0.25) is 0 Å². The molecule has 0 aliphatic carbocycles. The van der Waals surface area contributed by atoms with Crippen LogP contribution >= 0.6 is 11.3 Å². The SMILES string of the molecule is CC(C)Cc1nnc(NC(=O)c2cccc(S(=O)(=O)NCC(F)(F)F)c2)s1. The summed E-state index contributed by atoms with van der Waals surface area (Å²) in [6, 6.07) is 4.70. The Morgan fingerprint density at radius 3 is 2.59 bits per heavy atom. The van der Waals surface area contributed by atoms with Gasteiger partial charge < -0.3 is 0 Å². The van der Waals surface area contributed by atoms with Gasteiger partial charge in [-0.3, -0.25) is 10.1 Å². The number of halogens is 3. The first-order valence-electron chi connectivity index (χ1n) is 7.76. The fraction of sp³-hybridized carbons (Fsp3) is 0.400. The average Bonchev–Trinajstić information content (AvgIpc) is 2.99. The van der Waals surface area contributed by atoms with Crippen LogP contribution in [0.1, 0.15) is 29.2 Å². The molecule has 27 heavy (non-hydrogen) atoms. The van der Waals surface area contributed by atoms with Crippen LogP contribution in [-0.2, 0) is 16.4 Å². The molecule has 0 unspecified atom stereocenters. The molecule has 0 fully saturated rings. The van der Waals surface area contributed by atoms with Crippen molar-refractivity contribution in [1.82, 2.24) is 14.9 Å². The molecular formula is C15H17F3N4O3S2. The number of carbonyl (C=O) groups excluding carboxylic acids is 1. The van der Waals surface area contributed by atoms with Crippen LogP contribution in [0.5, 0.6) is 0 Å². The fourth-order valence-electron chi connectivity index (χ4n) is 1.97. The average molecular weight is 422 g/mol. The number of hydrogen-bond donors (Lipinski definition) is 2. The van der Waals surface area contributed by atoms with Gasteiger partial charge in [0, 0.05) is 12.0 Å². The predicted molar refractivity (Wildman–Crippen MR) is 94.1 cm³/mol. The van der Waals surface area contributed by atoms with E-state index < -0.39 is 33.5 Å². The highest BCUT2D eigenvalue weighted by atomic mass is 32.2. The summed E-state index contributed by atoms with van der Waals surface area (Å²) < 4.78 is 62.0. The minimum Gasteiger partial charge on any atom is -0.296 e. The lowest BCUT2D eigenvalue weighted by Gasteiger charge is -2.10. The van der Waals surface area contributed by atoms with Crippen molar-refractivity contribution in [3.8, 4) is 0 Å². The van der Waals surface area contributed by atoms with E-state index in [2.05, 4.69) is 15.5 Å². The molecule has 1 aromatic heterocycles. The highest BCUT2D eigenvalue weighted by Crippen LogP contribution is 2.20. The van der Waals surface area contributed by atoms with Gasteiger partial charge in [-0.15, -0.1) is 10.2 Å². The van der Waals surface area contributed by atoms with Crippen molar-refractivity contribution in [2.45, 2.75) is 31.3 Å². The van der Waals surface area contributed by atoms with E-state index in [1.54, 1.807) is 0 Å². The molecule has 0 atom stereocenters. The minimum absolute atomic E-state index is 0.0366. The van der Waals surface area contributed by atoms with Crippen LogP contribution in [0.3, 0.4) is 0 Å². The second-order valence-electron chi connectivity index (χ2n) is 6.02. The Bertz CT molecular complexity index is 911. The van der Waals surface area contributed by atoms with E-state index in [0.717, 1.165) is 17.1 Å². The molecule has 2 N–H and O–H groups in total. The van der Waals surface area contributed by atoms with Crippen molar-refractivity contribution in [2.75, 3.05) is 11.9 Å². The molecule has 1 aromatic carbocycles. The third-order valence-corrected chi connectivity index (χ3v) is 5.40. The summed E-state index contributed by atoms with van der Waals surface area (Å²) in [6.45, 7) is 2.33. The third-order valence-electron chi connectivity index (χ3n) is 3.14. The number of carbonyl (C=O) groups is 1. The number of nitrogens with zero attached hydrogens (tertiary/aromatic N) is 2. The van der Waals surface area contributed by atoms with E-state index in [1.165, 1.54) is 28.2 Å². The van der Waals surface area contributed by atoms with Gasteiger partial charge in [-0.2, -0.15) is 13.2 Å². The molecule has 7 nitrogen and oxygen atoms in total. The smallest absolute Gasteiger partial charge is 0.296 e. The Hall–Kier alpha value is -2.05. The van der Waals surface area contributed by atoms with Gasteiger partial charge in [0.15, 0.2) is 0 Å². The van der Waals surface area contributed by atoms with Gasteiger partial charge in [0.1, 0.15) is 11.6 Å². The molecule has 1 heterocycles. The van der Waals surface area contributed by atoms with E-state index >= 15 is 0 Å². The zero-order valence-electron chi connectivity index (χ0n) is 14.4. The van der Waals surface area contributed by atoms with Crippen LogP contribution in [0.4, 0.5) is 18.3 Å². The number of aromatic nitrogens is 2. The first-order chi connectivity index (χ1) is 12.5. The zero-order valence-corrected chi connectivity index (χ0v) is 16.0. The van der Waals surface area contributed by atoms with Crippen molar-refractivity contribution >= 4 is 32.4 Å². The number of hydrogen-bond acceptors (Lipinski definition) is 6. The van der Waals surface area contributed by atoms with E-state index in [-0.39, 0.29) is 10.7 Å². The number of rotatable bonds is 7. The maximum absolute atomic E-state index is 12.3. The highest BCUT2D eigenvalue weighted by molar-refractivity contribution is 7.89. The van der Waals surface area contributed by atoms with E-state index in [9.17, 15) is 26.4 Å². The maximum Gasteiger partial charge on any atom is 0.402 e. The predicted octanol–water partition coefficient (Wildman–Crippen LogP) is 2.83. The summed E-state index contributed by atoms with van der Waals surface area (Å²) in [6.07, 6.45) is -3.99. The first-order valence-corrected chi connectivity index (χ1v) is 10.1. The molecule has 0 radical (unpaired) electrons. The Balaban J connectivity index is 2.12. The van der Waals surface area contributed by atoms with Gasteiger partial charge >= 0.3 is 6.18 Å². The van der Waals surface area contributed by atoms with Gasteiger partial charge in [0.05, 0.1) is 4.90 Å². The standard InChI is InChI=1S/C15H17F3N4O3S2/c1-9(2)6-12-21-22-14(26-12)20-13(23)10-4-3-5-11(7-10)27(24,25)19-8-15(16,17)18/h3-5,7,9,19H,6,8H2,1-2H3,(H,20,22,23). The zero-order chi connectivity index (χ0) is 20.2. The Morgan fingerprint density at radius 1 is 1.26 bits per heavy atom. The summed E-state index contributed by atoms with van der Waals surface area (Å²) in [5, 5.41) is 11.3. The van der Waals surface area contributed by atoms with Crippen LogP contribution in [0, 0.1) is 5.92 Å². The third kappa shape index (κ3) is 6.56. The lowest BCUT2D eigenvalue weighted by Crippen LogP contribution is -2.33. The second-order valence-corrected chi connectivity index (χ2v) is 8.85. The number of nitrogens with one attached hydrogen (secondary N) is 2. The van der Waals surface area contributed by atoms with Crippen molar-refractivity contribution < 1.29 is 26.4 Å². The quantitative estimate of drug-likeness (QED) is 0.715. The molecule has 0 saturated heterocycles. The molecular weight excluding hydrogens is 405 g/mol. The fourth-order valence-corrected chi connectivity index (χ4v) is 3.98. The molecule has 0 saturated carbocycles. The highest BCUT2D eigenvalue weighted by Gasteiger charge is 2.30. The Morgan fingerprint density at radius 2 is 1.96 bits per heavy atom. The number of benzene rings is 1. The summed E-state index contributed by atoms with van der Waals surface area (Å²) >= 11 is 1.20. The molecule has 148 valence electrons. The van der Waals surface area contributed by atoms with Gasteiger partial charge in [-0.05, 0) is 24.1 Å². The van der Waals surface area contributed by atoms with Gasteiger partial charge in [-0.25, -0.2) is 13.1 Å². The second kappa shape index (κ2) is 8.31. The number of anilines is 1. The molecule has 0 aliphatic rings. The van der Waals surface area contributed by atoms with Crippen molar-refractivity contribution in [1.29, 1.82) is 0 Å². The van der Waals surface area contributed by atoms with Crippen LogP contribution < -0.4 is 10.0 Å². The Kier molecular flexibility index (Phi) is 6.54. The van der Waals surface area contributed by atoms with Crippen molar-refractivity contribution in [2.24, 2.45) is 5.92 Å². The van der Waals surface area contributed by atoms with E-state index in [0.29, 0.717) is 12.3 Å². The molecule has 0 spiro atoms. The molecule has 2 rings (SSSR count). The van der Waals surface area contributed by atoms with Gasteiger partial charge in [0.2, 0.25) is 15.2 Å². The summed E-state index contributed by atoms with van der Waals surface area (Å²) in [4.78, 5) is 11.8. The van der Waals surface area contributed by atoms with Crippen molar-refractivity contribution in [3.05, 3.63) is 34.8 Å². The van der Waals surface area contributed by atoms with Crippen LogP contribution in [-0.4, -0.2) is 37.2 Å². The van der Waals surface area contributed by atoms with E-state index in [1.807, 2.05) is 13.8 Å². The van der Waals surface area contributed by atoms with Crippen LogP contribution in [0.15, 0.2) is 29.2 Å². The molecule has 0 aliphatic heterocycles. The monoisotopic (exact) mass is 422 g/mol. The topological polar surface area (TPSA) is 101 Å². The molecule has 0 bridgehead atoms. The molecule has 12 heteroatoms. The lowest BCUT2D eigenvalue weighted by molar-refractivity contribution is -0.121. The number of amides is 1. The molecule has 2 aromatic rings. The lowest BCUT2D eigenvalue weighted by atomic mass is 10.1. The summed E-state index contributed by atoms with van der Waals surface area (Å²) in [7, 11) is -4.41. The van der Waals surface area contributed by atoms with Gasteiger partial charge in [0.25, 0.3) is 5.91 Å². The summed E-state index contributed by atoms with van der Waals surface area (Å²) in [5.74, 6) is -0.275. The Labute approximate surface area is 158 Å². The minimum atomic E-state index is -4.69. The summed E-state index contributed by atoms with van der Waals surface area (Å²) in [5.41, 5.74) is -0.0366. The molecule has 1 amide bonds. The number of alkyl halides is 3. The normalized spacial score (nSPS) is 12.4. The maximum atomic E-state index is 12.3. The largest absolute Gasteiger partial charge is 0.402 e. The van der Waals surface area contributed by atoms with Crippen molar-refractivity contribution in [3.63, 3.8) is 0 Å². The van der Waals surface area contributed by atoms with Crippen LogP contribution in [0.25, 0.3) is 0 Å². The number of sulfonamides is 1. The first kappa shape index (κ1) is 21.3.